The van der Waals surface area contributed by atoms with Gasteiger partial charge in [0.25, 0.3) is 0 Å². The van der Waals surface area contributed by atoms with Crippen LogP contribution in [0.1, 0.15) is 19.3 Å². The molecule has 0 bridgehead atoms. The normalized spacial score (nSPS) is 31.2. The van der Waals surface area contributed by atoms with E-state index in [-0.39, 0.29) is 17.9 Å². The van der Waals surface area contributed by atoms with Crippen LogP contribution >= 0.6 is 0 Å². The van der Waals surface area contributed by atoms with Crippen molar-refractivity contribution in [3.05, 3.63) is 0 Å². The smallest absolute Gasteiger partial charge is 0.303 e. The predicted molar refractivity (Wildman–Crippen MR) is 44.5 cm³/mol. The molecule has 1 unspecified atom stereocenters. The minimum absolute atomic E-state index is 0.127. The maximum absolute atomic E-state index is 10.5. The van der Waals surface area contributed by atoms with Gasteiger partial charge in [0, 0.05) is 13.0 Å². The molecule has 0 saturated carbocycles. The second-order valence-corrected chi connectivity index (χ2v) is 3.98. The van der Waals surface area contributed by atoms with Gasteiger partial charge in [-0.15, -0.1) is 0 Å². The minimum Gasteiger partial charge on any atom is -0.481 e. The molecule has 74 valence electrons. The number of ether oxygens (including phenoxy) is 2. The van der Waals surface area contributed by atoms with Gasteiger partial charge in [0.15, 0.2) is 0 Å². The van der Waals surface area contributed by atoms with E-state index in [1.54, 1.807) is 0 Å². The Kier molecular flexibility index (Phi) is 2.26. The summed E-state index contributed by atoms with van der Waals surface area (Å²) in [4.78, 5) is 10.5. The zero-order valence-corrected chi connectivity index (χ0v) is 7.49. The molecule has 2 aliphatic heterocycles. The van der Waals surface area contributed by atoms with Crippen molar-refractivity contribution in [1.82, 2.24) is 0 Å². The van der Waals surface area contributed by atoms with E-state index in [9.17, 15) is 4.79 Å². The van der Waals surface area contributed by atoms with Crippen LogP contribution in [0.3, 0.4) is 0 Å². The molecule has 1 N–H and O–H groups in total. The van der Waals surface area contributed by atoms with Crippen LogP contribution in [0.15, 0.2) is 0 Å². The van der Waals surface area contributed by atoms with Crippen molar-refractivity contribution in [2.45, 2.75) is 24.9 Å². The van der Waals surface area contributed by atoms with Crippen molar-refractivity contribution in [3.63, 3.8) is 0 Å². The number of hydrogen-bond acceptors (Lipinski definition) is 3. The lowest BCUT2D eigenvalue weighted by Crippen LogP contribution is -2.55. The minimum atomic E-state index is -0.706. The predicted octanol–water partition coefficient (Wildman–Crippen LogP) is 0.657. The van der Waals surface area contributed by atoms with Crippen LogP contribution in [0.2, 0.25) is 0 Å². The summed E-state index contributed by atoms with van der Waals surface area (Å²) in [5.41, 5.74) is -0.127. The Balaban J connectivity index is 1.88. The third-order valence-corrected chi connectivity index (χ3v) is 2.79. The second-order valence-electron chi connectivity index (χ2n) is 3.98. The lowest BCUT2D eigenvalue weighted by Gasteiger charge is -2.46. The van der Waals surface area contributed by atoms with E-state index in [4.69, 9.17) is 14.6 Å². The Morgan fingerprint density at radius 1 is 1.54 bits per heavy atom. The van der Waals surface area contributed by atoms with Crippen molar-refractivity contribution >= 4 is 5.97 Å². The highest BCUT2D eigenvalue weighted by molar-refractivity contribution is 5.67. The SMILES string of the molecule is O=C(O)CC1CCOC2(COC2)C1. The molecule has 0 radical (unpaired) electrons. The summed E-state index contributed by atoms with van der Waals surface area (Å²) in [6.07, 6.45) is 1.98. The molecule has 2 saturated heterocycles. The van der Waals surface area contributed by atoms with Gasteiger partial charge in [-0.05, 0) is 18.8 Å². The lowest BCUT2D eigenvalue weighted by molar-refractivity contribution is -0.235. The first kappa shape index (κ1) is 8.97. The number of carboxylic acid groups (broad SMARTS) is 1. The summed E-state index contributed by atoms with van der Waals surface area (Å²) in [7, 11) is 0. The van der Waals surface area contributed by atoms with E-state index in [2.05, 4.69) is 0 Å². The molecule has 0 aromatic rings. The highest BCUT2D eigenvalue weighted by Crippen LogP contribution is 2.36. The molecular formula is C9H14O4. The molecule has 0 aromatic carbocycles. The van der Waals surface area contributed by atoms with Crippen molar-refractivity contribution in [1.29, 1.82) is 0 Å². The van der Waals surface area contributed by atoms with Crippen molar-refractivity contribution in [2.24, 2.45) is 5.92 Å². The molecular weight excluding hydrogens is 172 g/mol. The quantitative estimate of drug-likeness (QED) is 0.688. The second kappa shape index (κ2) is 3.27. The summed E-state index contributed by atoms with van der Waals surface area (Å²) < 4.78 is 10.7. The Hall–Kier alpha value is -0.610. The molecule has 2 fully saturated rings. The van der Waals surface area contributed by atoms with Crippen LogP contribution in [0.5, 0.6) is 0 Å². The van der Waals surface area contributed by atoms with Crippen LogP contribution in [-0.4, -0.2) is 36.5 Å². The van der Waals surface area contributed by atoms with Crippen molar-refractivity contribution in [3.8, 4) is 0 Å². The van der Waals surface area contributed by atoms with E-state index in [0.717, 1.165) is 12.8 Å². The number of carbonyl (C=O) groups is 1. The fraction of sp³-hybridized carbons (Fsp3) is 0.889. The first-order valence-electron chi connectivity index (χ1n) is 4.64. The van der Waals surface area contributed by atoms with E-state index in [1.807, 2.05) is 0 Å². The standard InChI is InChI=1S/C9H14O4/c10-8(11)3-7-1-2-13-9(4-7)5-12-6-9/h7H,1-6H2,(H,10,11). The number of hydrogen-bond donors (Lipinski definition) is 1. The van der Waals surface area contributed by atoms with Gasteiger partial charge in [0.1, 0.15) is 5.60 Å². The van der Waals surface area contributed by atoms with Crippen LogP contribution in [0.4, 0.5) is 0 Å². The van der Waals surface area contributed by atoms with Crippen molar-refractivity contribution in [2.75, 3.05) is 19.8 Å². The van der Waals surface area contributed by atoms with E-state index in [0.29, 0.717) is 19.8 Å². The molecule has 0 aliphatic carbocycles. The van der Waals surface area contributed by atoms with Crippen molar-refractivity contribution < 1.29 is 19.4 Å². The molecule has 4 heteroatoms. The molecule has 2 aliphatic rings. The van der Waals surface area contributed by atoms with Crippen LogP contribution in [0.25, 0.3) is 0 Å². The van der Waals surface area contributed by atoms with Gasteiger partial charge in [-0.2, -0.15) is 0 Å². The number of aliphatic carboxylic acids is 1. The molecule has 1 spiro atoms. The third-order valence-electron chi connectivity index (χ3n) is 2.79. The molecule has 0 amide bonds. The number of carboxylic acids is 1. The third kappa shape index (κ3) is 1.84. The molecule has 1 atom stereocenters. The van der Waals surface area contributed by atoms with Gasteiger partial charge in [-0.25, -0.2) is 0 Å². The molecule has 2 heterocycles. The average Bonchev–Trinajstić information content (AvgIpc) is 2.01. The van der Waals surface area contributed by atoms with Gasteiger partial charge in [0.05, 0.1) is 13.2 Å². The van der Waals surface area contributed by atoms with E-state index >= 15 is 0 Å². The van der Waals surface area contributed by atoms with Crippen LogP contribution in [-0.2, 0) is 14.3 Å². The van der Waals surface area contributed by atoms with Gasteiger partial charge >= 0.3 is 5.97 Å². The van der Waals surface area contributed by atoms with Gasteiger partial charge < -0.3 is 14.6 Å². The lowest BCUT2D eigenvalue weighted by atomic mass is 9.83. The molecule has 13 heavy (non-hydrogen) atoms. The average molecular weight is 186 g/mol. The zero-order valence-electron chi connectivity index (χ0n) is 7.49. The Labute approximate surface area is 76.8 Å². The van der Waals surface area contributed by atoms with Crippen LogP contribution in [0, 0.1) is 5.92 Å². The van der Waals surface area contributed by atoms with Crippen LogP contribution < -0.4 is 0 Å². The van der Waals surface area contributed by atoms with Gasteiger partial charge in [0.2, 0.25) is 0 Å². The highest BCUT2D eigenvalue weighted by atomic mass is 16.6. The summed E-state index contributed by atoms with van der Waals surface area (Å²) >= 11 is 0. The first-order chi connectivity index (χ1) is 6.20. The first-order valence-corrected chi connectivity index (χ1v) is 4.64. The monoisotopic (exact) mass is 186 g/mol. The summed E-state index contributed by atoms with van der Waals surface area (Å²) in [5.74, 6) is -0.433. The maximum Gasteiger partial charge on any atom is 0.303 e. The fourth-order valence-electron chi connectivity index (χ4n) is 2.08. The largest absolute Gasteiger partial charge is 0.481 e. The molecule has 0 aromatic heterocycles. The van der Waals surface area contributed by atoms with E-state index < -0.39 is 5.97 Å². The maximum atomic E-state index is 10.5. The Bertz CT molecular complexity index is 210. The zero-order chi connectivity index (χ0) is 9.31. The Morgan fingerprint density at radius 3 is 2.85 bits per heavy atom. The summed E-state index contributed by atoms with van der Waals surface area (Å²) in [6, 6.07) is 0. The Morgan fingerprint density at radius 2 is 2.31 bits per heavy atom. The topological polar surface area (TPSA) is 55.8 Å². The summed E-state index contributed by atoms with van der Waals surface area (Å²) in [6.45, 7) is 1.97. The van der Waals surface area contributed by atoms with E-state index in [1.165, 1.54) is 0 Å². The van der Waals surface area contributed by atoms with Gasteiger partial charge in [-0.1, -0.05) is 0 Å². The number of rotatable bonds is 2. The molecule has 4 nitrogen and oxygen atoms in total. The van der Waals surface area contributed by atoms with Gasteiger partial charge in [-0.3, -0.25) is 4.79 Å². The molecule has 2 rings (SSSR count). The highest BCUT2D eigenvalue weighted by Gasteiger charge is 2.44. The summed E-state index contributed by atoms with van der Waals surface area (Å²) in [5, 5.41) is 8.65. The fourth-order valence-corrected chi connectivity index (χ4v) is 2.08.